The third-order valence-electron chi connectivity index (χ3n) is 2.54. The first-order valence-electron chi connectivity index (χ1n) is 4.88. The van der Waals surface area contributed by atoms with Gasteiger partial charge in [0, 0.05) is 12.5 Å². The van der Waals surface area contributed by atoms with Crippen LogP contribution in [-0.4, -0.2) is 0 Å². The molecule has 0 saturated carbocycles. The SMILES string of the molecule is CC#CCC(N)c1cccc(C)c1C. The van der Waals surface area contributed by atoms with Crippen molar-refractivity contribution < 1.29 is 0 Å². The Kier molecular flexibility index (Phi) is 3.73. The van der Waals surface area contributed by atoms with Gasteiger partial charge in [-0.25, -0.2) is 0 Å². The maximum Gasteiger partial charge on any atom is 0.0408 e. The molecule has 0 aliphatic carbocycles. The summed E-state index contributed by atoms with van der Waals surface area (Å²) in [5, 5.41) is 0. The molecule has 1 unspecified atom stereocenters. The molecule has 14 heavy (non-hydrogen) atoms. The van der Waals surface area contributed by atoms with E-state index in [0.717, 1.165) is 6.42 Å². The Morgan fingerprint density at radius 1 is 1.36 bits per heavy atom. The molecular formula is C13H17N. The van der Waals surface area contributed by atoms with E-state index < -0.39 is 0 Å². The van der Waals surface area contributed by atoms with Crippen molar-refractivity contribution >= 4 is 0 Å². The maximum atomic E-state index is 6.05. The molecule has 1 nitrogen and oxygen atoms in total. The van der Waals surface area contributed by atoms with E-state index in [-0.39, 0.29) is 6.04 Å². The molecule has 0 radical (unpaired) electrons. The Labute approximate surface area is 86.3 Å². The molecular weight excluding hydrogens is 170 g/mol. The molecule has 0 fully saturated rings. The summed E-state index contributed by atoms with van der Waals surface area (Å²) in [6.45, 7) is 6.07. The monoisotopic (exact) mass is 187 g/mol. The van der Waals surface area contributed by atoms with Gasteiger partial charge in [0.1, 0.15) is 0 Å². The normalized spacial score (nSPS) is 11.7. The van der Waals surface area contributed by atoms with Crippen LogP contribution in [0.15, 0.2) is 18.2 Å². The summed E-state index contributed by atoms with van der Waals surface area (Å²) in [5.74, 6) is 5.89. The second-order valence-electron chi connectivity index (χ2n) is 3.53. The highest BCUT2D eigenvalue weighted by Crippen LogP contribution is 2.20. The molecule has 1 aromatic carbocycles. The average molecular weight is 187 g/mol. The maximum absolute atomic E-state index is 6.05. The molecule has 0 aliphatic rings. The van der Waals surface area contributed by atoms with Gasteiger partial charge in [0.25, 0.3) is 0 Å². The summed E-state index contributed by atoms with van der Waals surface area (Å²) in [7, 11) is 0. The van der Waals surface area contributed by atoms with Crippen LogP contribution in [-0.2, 0) is 0 Å². The lowest BCUT2D eigenvalue weighted by Crippen LogP contribution is -2.11. The van der Waals surface area contributed by atoms with E-state index in [1.54, 1.807) is 0 Å². The molecule has 1 aromatic rings. The van der Waals surface area contributed by atoms with E-state index in [2.05, 4.69) is 43.9 Å². The van der Waals surface area contributed by atoms with E-state index in [9.17, 15) is 0 Å². The molecule has 1 atom stereocenters. The van der Waals surface area contributed by atoms with Crippen LogP contribution >= 0.6 is 0 Å². The molecule has 0 amide bonds. The Bertz CT molecular complexity index is 369. The van der Waals surface area contributed by atoms with Crippen LogP contribution in [0.25, 0.3) is 0 Å². The summed E-state index contributed by atoms with van der Waals surface area (Å²) in [6.07, 6.45) is 0.737. The lowest BCUT2D eigenvalue weighted by atomic mass is 9.96. The smallest absolute Gasteiger partial charge is 0.0408 e. The van der Waals surface area contributed by atoms with E-state index in [0.29, 0.717) is 0 Å². The predicted octanol–water partition coefficient (Wildman–Crippen LogP) is 2.72. The lowest BCUT2D eigenvalue weighted by molar-refractivity contribution is 0.746. The Hall–Kier alpha value is -1.26. The number of nitrogens with two attached hydrogens (primary N) is 1. The van der Waals surface area contributed by atoms with Gasteiger partial charge in [-0.05, 0) is 37.5 Å². The average Bonchev–Trinajstić information content (AvgIpc) is 2.18. The van der Waals surface area contributed by atoms with Crippen molar-refractivity contribution in [2.75, 3.05) is 0 Å². The molecule has 1 heteroatoms. The quantitative estimate of drug-likeness (QED) is 0.708. The highest BCUT2D eigenvalue weighted by molar-refractivity contribution is 5.35. The van der Waals surface area contributed by atoms with E-state index in [4.69, 9.17) is 5.73 Å². The van der Waals surface area contributed by atoms with Crippen molar-refractivity contribution in [3.05, 3.63) is 34.9 Å². The minimum Gasteiger partial charge on any atom is -0.323 e. The Balaban J connectivity index is 2.93. The van der Waals surface area contributed by atoms with Crippen LogP contribution in [0.5, 0.6) is 0 Å². The minimum absolute atomic E-state index is 0.0438. The molecule has 2 N–H and O–H groups in total. The fraction of sp³-hybridized carbons (Fsp3) is 0.385. The first kappa shape index (κ1) is 10.8. The number of hydrogen-bond donors (Lipinski definition) is 1. The number of aryl methyl sites for hydroxylation is 1. The zero-order valence-electron chi connectivity index (χ0n) is 9.09. The second-order valence-corrected chi connectivity index (χ2v) is 3.53. The van der Waals surface area contributed by atoms with Gasteiger partial charge in [-0.1, -0.05) is 18.2 Å². The first-order valence-corrected chi connectivity index (χ1v) is 4.88. The van der Waals surface area contributed by atoms with Crippen molar-refractivity contribution in [1.82, 2.24) is 0 Å². The fourth-order valence-electron chi connectivity index (χ4n) is 1.50. The van der Waals surface area contributed by atoms with Crippen LogP contribution in [0.2, 0.25) is 0 Å². The van der Waals surface area contributed by atoms with E-state index in [1.165, 1.54) is 16.7 Å². The van der Waals surface area contributed by atoms with Crippen LogP contribution in [0.1, 0.15) is 36.1 Å². The van der Waals surface area contributed by atoms with E-state index in [1.807, 2.05) is 6.92 Å². The Morgan fingerprint density at radius 2 is 2.07 bits per heavy atom. The number of benzene rings is 1. The molecule has 0 aromatic heterocycles. The van der Waals surface area contributed by atoms with Gasteiger partial charge in [0.2, 0.25) is 0 Å². The summed E-state index contributed by atoms with van der Waals surface area (Å²) in [5.41, 5.74) is 9.85. The standard InChI is InChI=1S/C13H17N/c1-4-5-9-13(14)12-8-6-7-10(2)11(12)3/h6-8,13H,9,14H2,1-3H3. The van der Waals surface area contributed by atoms with Crippen molar-refractivity contribution in [3.8, 4) is 11.8 Å². The summed E-state index contributed by atoms with van der Waals surface area (Å²) in [4.78, 5) is 0. The van der Waals surface area contributed by atoms with Gasteiger partial charge in [0.05, 0.1) is 0 Å². The highest BCUT2D eigenvalue weighted by Gasteiger charge is 2.07. The predicted molar refractivity (Wildman–Crippen MR) is 60.9 cm³/mol. The van der Waals surface area contributed by atoms with Gasteiger partial charge in [-0.3, -0.25) is 0 Å². The molecule has 74 valence electrons. The van der Waals surface area contributed by atoms with Gasteiger partial charge in [0.15, 0.2) is 0 Å². The van der Waals surface area contributed by atoms with Crippen LogP contribution < -0.4 is 5.73 Å². The molecule has 0 heterocycles. The fourth-order valence-corrected chi connectivity index (χ4v) is 1.50. The van der Waals surface area contributed by atoms with Gasteiger partial charge < -0.3 is 5.73 Å². The van der Waals surface area contributed by atoms with Crippen molar-refractivity contribution in [2.45, 2.75) is 33.2 Å². The first-order chi connectivity index (χ1) is 6.66. The zero-order valence-corrected chi connectivity index (χ0v) is 9.09. The summed E-state index contributed by atoms with van der Waals surface area (Å²) in [6, 6.07) is 6.29. The third kappa shape index (κ3) is 2.37. The molecule has 0 spiro atoms. The van der Waals surface area contributed by atoms with Crippen LogP contribution in [0.4, 0.5) is 0 Å². The Morgan fingerprint density at radius 3 is 2.71 bits per heavy atom. The van der Waals surface area contributed by atoms with Crippen molar-refractivity contribution in [2.24, 2.45) is 5.73 Å². The zero-order chi connectivity index (χ0) is 10.6. The third-order valence-corrected chi connectivity index (χ3v) is 2.54. The van der Waals surface area contributed by atoms with Gasteiger partial charge in [-0.2, -0.15) is 0 Å². The number of hydrogen-bond acceptors (Lipinski definition) is 1. The summed E-state index contributed by atoms with van der Waals surface area (Å²) >= 11 is 0. The molecule has 0 aliphatic heterocycles. The number of rotatable bonds is 2. The van der Waals surface area contributed by atoms with Crippen molar-refractivity contribution in [3.63, 3.8) is 0 Å². The summed E-state index contributed by atoms with van der Waals surface area (Å²) < 4.78 is 0. The van der Waals surface area contributed by atoms with Crippen molar-refractivity contribution in [1.29, 1.82) is 0 Å². The molecule has 0 bridgehead atoms. The highest BCUT2D eigenvalue weighted by atomic mass is 14.6. The lowest BCUT2D eigenvalue weighted by Gasteiger charge is -2.13. The molecule has 0 saturated heterocycles. The van der Waals surface area contributed by atoms with Crippen LogP contribution in [0.3, 0.4) is 0 Å². The molecule has 1 rings (SSSR count). The van der Waals surface area contributed by atoms with E-state index >= 15 is 0 Å². The largest absolute Gasteiger partial charge is 0.323 e. The van der Waals surface area contributed by atoms with Crippen LogP contribution in [0, 0.1) is 25.7 Å². The van der Waals surface area contributed by atoms with Gasteiger partial charge in [-0.15, -0.1) is 11.8 Å². The van der Waals surface area contributed by atoms with Gasteiger partial charge >= 0.3 is 0 Å². The topological polar surface area (TPSA) is 26.0 Å². The minimum atomic E-state index is 0.0438. The second kappa shape index (κ2) is 4.83.